The second-order valence-electron chi connectivity index (χ2n) is 5.88. The number of hydrogen-bond donors (Lipinski definition) is 3. The van der Waals surface area contributed by atoms with Gasteiger partial charge >= 0.3 is 0 Å². The number of nitrogens with one attached hydrogen (secondary N) is 2. The molecule has 0 radical (unpaired) electrons. The Balaban J connectivity index is 2.19. The van der Waals surface area contributed by atoms with Crippen LogP contribution in [0.4, 0.5) is 0 Å². The first-order valence-electron chi connectivity index (χ1n) is 7.65. The largest absolute Gasteiger partial charge is 0.391 e. The van der Waals surface area contributed by atoms with Crippen molar-refractivity contribution in [1.82, 2.24) is 10.6 Å². The number of aliphatic hydroxyl groups is 1. The molecular formula is C17H26N2O3. The monoisotopic (exact) mass is 306 g/mol. The molecule has 1 aromatic carbocycles. The van der Waals surface area contributed by atoms with Crippen LogP contribution < -0.4 is 10.6 Å². The molecule has 122 valence electrons. The number of hydrogen-bond acceptors (Lipinski definition) is 3. The van der Waals surface area contributed by atoms with E-state index in [2.05, 4.69) is 10.6 Å². The van der Waals surface area contributed by atoms with Gasteiger partial charge in [0.1, 0.15) is 0 Å². The average Bonchev–Trinajstić information content (AvgIpc) is 2.49. The summed E-state index contributed by atoms with van der Waals surface area (Å²) in [4.78, 5) is 23.2. The first-order valence-corrected chi connectivity index (χ1v) is 7.65. The molecular weight excluding hydrogens is 280 g/mol. The molecule has 2 amide bonds. The molecule has 0 aliphatic carbocycles. The summed E-state index contributed by atoms with van der Waals surface area (Å²) in [6.07, 6.45) is 0.436. The number of amides is 2. The van der Waals surface area contributed by atoms with Gasteiger partial charge in [0.15, 0.2) is 0 Å². The van der Waals surface area contributed by atoms with Crippen LogP contribution in [0.2, 0.25) is 0 Å². The van der Waals surface area contributed by atoms with Gasteiger partial charge in [0.25, 0.3) is 0 Å². The molecule has 0 aliphatic heterocycles. The molecule has 1 rings (SSSR count). The van der Waals surface area contributed by atoms with E-state index < -0.39 is 6.10 Å². The van der Waals surface area contributed by atoms with Crippen molar-refractivity contribution in [3.05, 3.63) is 35.4 Å². The minimum Gasteiger partial charge on any atom is -0.391 e. The molecule has 0 heterocycles. The lowest BCUT2D eigenvalue weighted by molar-refractivity contribution is -0.126. The van der Waals surface area contributed by atoms with Gasteiger partial charge in [-0.1, -0.05) is 43.7 Å². The SMILES string of the molecule is Cc1ccc(CCC(=O)NCC(=O)NCC(O)C(C)C)cc1. The van der Waals surface area contributed by atoms with E-state index in [0.29, 0.717) is 12.8 Å². The van der Waals surface area contributed by atoms with Crippen LogP contribution in [0.25, 0.3) is 0 Å². The molecule has 1 aromatic rings. The molecule has 0 spiro atoms. The number of aliphatic hydroxyl groups excluding tert-OH is 1. The van der Waals surface area contributed by atoms with Gasteiger partial charge in [0, 0.05) is 13.0 Å². The van der Waals surface area contributed by atoms with Crippen LogP contribution in [0.5, 0.6) is 0 Å². The molecule has 5 heteroatoms. The van der Waals surface area contributed by atoms with Gasteiger partial charge in [0.2, 0.25) is 11.8 Å². The zero-order valence-electron chi connectivity index (χ0n) is 13.6. The molecule has 0 bridgehead atoms. The van der Waals surface area contributed by atoms with Crippen molar-refractivity contribution in [3.8, 4) is 0 Å². The fourth-order valence-electron chi connectivity index (χ4n) is 1.80. The maximum Gasteiger partial charge on any atom is 0.239 e. The Kier molecular flexibility index (Phi) is 7.60. The summed E-state index contributed by atoms with van der Waals surface area (Å²) in [5.41, 5.74) is 2.29. The van der Waals surface area contributed by atoms with Gasteiger partial charge in [-0.25, -0.2) is 0 Å². The summed E-state index contributed by atoms with van der Waals surface area (Å²) in [5.74, 6) is -0.354. The lowest BCUT2D eigenvalue weighted by Gasteiger charge is -2.15. The molecule has 5 nitrogen and oxygen atoms in total. The van der Waals surface area contributed by atoms with E-state index in [-0.39, 0.29) is 30.8 Å². The maximum atomic E-state index is 11.7. The van der Waals surface area contributed by atoms with E-state index in [1.54, 1.807) is 0 Å². The second-order valence-corrected chi connectivity index (χ2v) is 5.88. The Morgan fingerprint density at radius 2 is 1.73 bits per heavy atom. The van der Waals surface area contributed by atoms with Crippen molar-refractivity contribution in [3.63, 3.8) is 0 Å². The van der Waals surface area contributed by atoms with Crippen molar-refractivity contribution in [1.29, 1.82) is 0 Å². The molecule has 0 saturated heterocycles. The molecule has 0 aliphatic rings. The number of carbonyl (C=O) groups excluding carboxylic acids is 2. The van der Waals surface area contributed by atoms with Crippen molar-refractivity contribution in [2.75, 3.05) is 13.1 Å². The van der Waals surface area contributed by atoms with Gasteiger partial charge in [-0.15, -0.1) is 0 Å². The highest BCUT2D eigenvalue weighted by Gasteiger charge is 2.11. The normalized spacial score (nSPS) is 12.0. The van der Waals surface area contributed by atoms with Crippen molar-refractivity contribution in [2.45, 2.75) is 39.7 Å². The molecule has 1 unspecified atom stereocenters. The highest BCUT2D eigenvalue weighted by Crippen LogP contribution is 2.05. The predicted octanol–water partition coefficient (Wildman–Crippen LogP) is 1.18. The number of benzene rings is 1. The van der Waals surface area contributed by atoms with Crippen LogP contribution in [0.3, 0.4) is 0 Å². The standard InChI is InChI=1S/C17H26N2O3/c1-12(2)15(20)10-18-17(22)11-19-16(21)9-8-14-6-4-13(3)5-7-14/h4-7,12,15,20H,8-11H2,1-3H3,(H,18,22)(H,19,21). The van der Waals surface area contributed by atoms with Gasteiger partial charge in [-0.2, -0.15) is 0 Å². The third-order valence-corrected chi connectivity index (χ3v) is 3.49. The minimum atomic E-state index is -0.568. The third-order valence-electron chi connectivity index (χ3n) is 3.49. The first-order chi connectivity index (χ1) is 10.4. The van der Waals surface area contributed by atoms with E-state index in [1.807, 2.05) is 45.0 Å². The van der Waals surface area contributed by atoms with E-state index >= 15 is 0 Å². The molecule has 0 aromatic heterocycles. The zero-order valence-corrected chi connectivity index (χ0v) is 13.6. The van der Waals surface area contributed by atoms with Gasteiger partial charge in [-0.05, 0) is 24.8 Å². The van der Waals surface area contributed by atoms with Gasteiger partial charge < -0.3 is 15.7 Å². The molecule has 3 N–H and O–H groups in total. The number of aryl methyl sites for hydroxylation is 2. The maximum absolute atomic E-state index is 11.7. The topological polar surface area (TPSA) is 78.4 Å². The van der Waals surface area contributed by atoms with Gasteiger partial charge in [-0.3, -0.25) is 9.59 Å². The van der Waals surface area contributed by atoms with Crippen molar-refractivity contribution >= 4 is 11.8 Å². The molecule has 0 saturated carbocycles. The van der Waals surface area contributed by atoms with E-state index in [1.165, 1.54) is 5.56 Å². The Morgan fingerprint density at radius 1 is 1.09 bits per heavy atom. The molecule has 22 heavy (non-hydrogen) atoms. The number of rotatable bonds is 8. The van der Waals surface area contributed by atoms with Crippen LogP contribution in [-0.4, -0.2) is 36.1 Å². The fourth-order valence-corrected chi connectivity index (χ4v) is 1.80. The van der Waals surface area contributed by atoms with Crippen LogP contribution in [0.1, 0.15) is 31.4 Å². The Bertz CT molecular complexity index is 483. The smallest absolute Gasteiger partial charge is 0.239 e. The fraction of sp³-hybridized carbons (Fsp3) is 0.529. The summed E-state index contributed by atoms with van der Waals surface area (Å²) >= 11 is 0. The second kappa shape index (κ2) is 9.20. The Labute approximate surface area is 132 Å². The number of carbonyl (C=O) groups is 2. The van der Waals surface area contributed by atoms with E-state index in [4.69, 9.17) is 0 Å². The average molecular weight is 306 g/mol. The first kappa shape index (κ1) is 18.2. The highest BCUT2D eigenvalue weighted by molar-refractivity contribution is 5.84. The predicted molar refractivity (Wildman–Crippen MR) is 86.4 cm³/mol. The third kappa shape index (κ3) is 7.22. The van der Waals surface area contributed by atoms with E-state index in [0.717, 1.165) is 5.56 Å². The van der Waals surface area contributed by atoms with Crippen LogP contribution in [0.15, 0.2) is 24.3 Å². The summed E-state index contributed by atoms with van der Waals surface area (Å²) in [5, 5.41) is 14.8. The zero-order chi connectivity index (χ0) is 16.5. The molecule has 0 fully saturated rings. The van der Waals surface area contributed by atoms with E-state index in [9.17, 15) is 14.7 Å². The quantitative estimate of drug-likeness (QED) is 0.675. The summed E-state index contributed by atoms with van der Waals surface area (Å²) in [6, 6.07) is 8.03. The minimum absolute atomic E-state index is 0.0580. The highest BCUT2D eigenvalue weighted by atomic mass is 16.3. The lowest BCUT2D eigenvalue weighted by atomic mass is 10.1. The van der Waals surface area contributed by atoms with Crippen LogP contribution >= 0.6 is 0 Å². The van der Waals surface area contributed by atoms with Crippen LogP contribution in [0, 0.1) is 12.8 Å². The van der Waals surface area contributed by atoms with Crippen molar-refractivity contribution < 1.29 is 14.7 Å². The van der Waals surface area contributed by atoms with Gasteiger partial charge in [0.05, 0.1) is 12.6 Å². The van der Waals surface area contributed by atoms with Crippen LogP contribution in [-0.2, 0) is 16.0 Å². The summed E-state index contributed by atoms with van der Waals surface area (Å²) < 4.78 is 0. The summed E-state index contributed by atoms with van der Waals surface area (Å²) in [7, 11) is 0. The Morgan fingerprint density at radius 3 is 2.32 bits per heavy atom. The van der Waals surface area contributed by atoms with Crippen molar-refractivity contribution in [2.24, 2.45) is 5.92 Å². The summed E-state index contributed by atoms with van der Waals surface area (Å²) in [6.45, 7) is 5.92. The lowest BCUT2D eigenvalue weighted by Crippen LogP contribution is -2.41. The Hall–Kier alpha value is -1.88. The molecule has 1 atom stereocenters.